The van der Waals surface area contributed by atoms with E-state index in [9.17, 15) is 0 Å². The van der Waals surface area contributed by atoms with Crippen molar-refractivity contribution in [3.8, 4) is 0 Å². The molecule has 54 valence electrons. The Labute approximate surface area is 56.3 Å². The van der Waals surface area contributed by atoms with Crippen LogP contribution in [0.1, 0.15) is 20.3 Å². The number of rotatable bonds is 1. The average Bonchev–Trinajstić information content (AvgIpc) is 2.13. The van der Waals surface area contributed by atoms with E-state index in [1.54, 1.807) is 0 Å². The Morgan fingerprint density at radius 1 is 1.56 bits per heavy atom. The number of hydrogen-bond acceptors (Lipinski definition) is 2. The van der Waals surface area contributed by atoms with E-state index in [2.05, 4.69) is 19.2 Å². The molecule has 2 nitrogen and oxygen atoms in total. The number of nitrogens with one attached hydrogen (secondary N) is 1. The van der Waals surface area contributed by atoms with Crippen LogP contribution in [0.4, 0.5) is 0 Å². The molecule has 1 fully saturated rings. The molecule has 0 aromatic carbocycles. The summed E-state index contributed by atoms with van der Waals surface area (Å²) < 4.78 is 0. The first-order valence-corrected chi connectivity index (χ1v) is 3.61. The van der Waals surface area contributed by atoms with Gasteiger partial charge in [-0.05, 0) is 19.3 Å². The van der Waals surface area contributed by atoms with Gasteiger partial charge in [-0.1, -0.05) is 6.92 Å². The molecule has 0 spiro atoms. The quantitative estimate of drug-likeness (QED) is 0.536. The Balaban J connectivity index is 2.35. The van der Waals surface area contributed by atoms with Crippen molar-refractivity contribution in [1.82, 2.24) is 5.32 Å². The van der Waals surface area contributed by atoms with E-state index in [-0.39, 0.29) is 6.61 Å². The van der Waals surface area contributed by atoms with E-state index >= 15 is 0 Å². The molecule has 1 rings (SSSR count). The van der Waals surface area contributed by atoms with Crippen LogP contribution in [0.15, 0.2) is 0 Å². The summed E-state index contributed by atoms with van der Waals surface area (Å²) in [6, 6.07) is 0.942. The van der Waals surface area contributed by atoms with Crippen LogP contribution in [0.2, 0.25) is 0 Å². The van der Waals surface area contributed by atoms with Crippen molar-refractivity contribution in [2.24, 2.45) is 5.92 Å². The van der Waals surface area contributed by atoms with Gasteiger partial charge in [0.05, 0.1) is 6.61 Å². The molecule has 0 saturated carbocycles. The topological polar surface area (TPSA) is 32.3 Å². The van der Waals surface area contributed by atoms with E-state index in [0.717, 1.165) is 12.3 Å². The summed E-state index contributed by atoms with van der Waals surface area (Å²) in [5.74, 6) is 0.724. The minimum Gasteiger partial charge on any atom is -0.395 e. The second kappa shape index (κ2) is 2.67. The first-order valence-electron chi connectivity index (χ1n) is 3.61. The molecule has 0 aliphatic carbocycles. The Morgan fingerprint density at radius 3 is 2.44 bits per heavy atom. The van der Waals surface area contributed by atoms with Gasteiger partial charge in [-0.3, -0.25) is 0 Å². The van der Waals surface area contributed by atoms with Gasteiger partial charge in [-0.25, -0.2) is 0 Å². The fraction of sp³-hybridized carbons (Fsp3) is 1.00. The van der Waals surface area contributed by atoms with Crippen molar-refractivity contribution in [2.45, 2.75) is 32.4 Å². The van der Waals surface area contributed by atoms with E-state index < -0.39 is 0 Å². The van der Waals surface area contributed by atoms with Gasteiger partial charge in [0, 0.05) is 12.1 Å². The molecule has 1 aliphatic rings. The minimum atomic E-state index is 0.286. The van der Waals surface area contributed by atoms with Crippen LogP contribution in [0.3, 0.4) is 0 Å². The Kier molecular flexibility index (Phi) is 2.09. The van der Waals surface area contributed by atoms with Crippen LogP contribution >= 0.6 is 0 Å². The highest BCUT2D eigenvalue weighted by atomic mass is 16.3. The van der Waals surface area contributed by atoms with Crippen molar-refractivity contribution in [1.29, 1.82) is 0 Å². The number of aliphatic hydroxyl groups excluding tert-OH is 1. The molecule has 2 unspecified atom stereocenters. The lowest BCUT2D eigenvalue weighted by molar-refractivity contribution is 0.251. The standard InChI is InChI=1S/C7H15NO/c1-5-3-7(4-9)8-6(5)2/h5-9H,3-4H2,1-2H3/t5?,6?,7-/m0/s1. The van der Waals surface area contributed by atoms with Crippen molar-refractivity contribution in [2.75, 3.05) is 6.61 Å². The third-order valence-electron chi connectivity index (χ3n) is 2.23. The van der Waals surface area contributed by atoms with Gasteiger partial charge in [0.1, 0.15) is 0 Å². The summed E-state index contributed by atoms with van der Waals surface area (Å²) in [6.45, 7) is 4.67. The van der Waals surface area contributed by atoms with Gasteiger partial charge < -0.3 is 10.4 Å². The van der Waals surface area contributed by atoms with Gasteiger partial charge >= 0.3 is 0 Å². The van der Waals surface area contributed by atoms with E-state index in [1.807, 2.05) is 0 Å². The normalized spacial score (nSPS) is 43.7. The zero-order valence-electron chi connectivity index (χ0n) is 6.09. The van der Waals surface area contributed by atoms with Crippen molar-refractivity contribution in [3.63, 3.8) is 0 Å². The smallest absolute Gasteiger partial charge is 0.0584 e. The second-order valence-corrected chi connectivity index (χ2v) is 3.05. The van der Waals surface area contributed by atoms with Crippen LogP contribution in [-0.4, -0.2) is 23.8 Å². The Hall–Kier alpha value is -0.0800. The molecule has 0 radical (unpaired) electrons. The van der Waals surface area contributed by atoms with Crippen LogP contribution in [-0.2, 0) is 0 Å². The van der Waals surface area contributed by atoms with Gasteiger partial charge in [-0.2, -0.15) is 0 Å². The molecule has 0 aromatic heterocycles. The summed E-state index contributed by atoms with van der Waals surface area (Å²) >= 11 is 0. The molecule has 0 amide bonds. The minimum absolute atomic E-state index is 0.286. The maximum absolute atomic E-state index is 8.74. The molecular weight excluding hydrogens is 114 g/mol. The summed E-state index contributed by atoms with van der Waals surface area (Å²) in [4.78, 5) is 0. The lowest BCUT2D eigenvalue weighted by atomic mass is 10.0. The van der Waals surface area contributed by atoms with Crippen molar-refractivity contribution in [3.05, 3.63) is 0 Å². The second-order valence-electron chi connectivity index (χ2n) is 3.05. The van der Waals surface area contributed by atoms with Crippen LogP contribution in [0.5, 0.6) is 0 Å². The zero-order valence-corrected chi connectivity index (χ0v) is 6.09. The monoisotopic (exact) mass is 129 g/mol. The average molecular weight is 129 g/mol. The molecule has 1 saturated heterocycles. The zero-order chi connectivity index (χ0) is 6.85. The highest BCUT2D eigenvalue weighted by Crippen LogP contribution is 2.18. The molecule has 2 N–H and O–H groups in total. The van der Waals surface area contributed by atoms with Gasteiger partial charge in [0.25, 0.3) is 0 Å². The van der Waals surface area contributed by atoms with Crippen LogP contribution in [0.25, 0.3) is 0 Å². The van der Waals surface area contributed by atoms with E-state index in [4.69, 9.17) is 5.11 Å². The molecule has 9 heavy (non-hydrogen) atoms. The molecule has 0 bridgehead atoms. The summed E-state index contributed by atoms with van der Waals surface area (Å²) in [5, 5.41) is 12.0. The first kappa shape index (κ1) is 7.03. The fourth-order valence-electron chi connectivity index (χ4n) is 1.38. The fourth-order valence-corrected chi connectivity index (χ4v) is 1.38. The molecular formula is C7H15NO. The van der Waals surface area contributed by atoms with Crippen molar-refractivity contribution >= 4 is 0 Å². The highest BCUT2D eigenvalue weighted by Gasteiger charge is 2.25. The van der Waals surface area contributed by atoms with Crippen LogP contribution in [0, 0.1) is 5.92 Å². The molecule has 3 atom stereocenters. The predicted octanol–water partition coefficient (Wildman–Crippen LogP) is 0.365. The number of aliphatic hydroxyl groups is 1. The maximum atomic E-state index is 8.74. The lowest BCUT2D eigenvalue weighted by Crippen LogP contribution is -2.30. The summed E-state index contributed by atoms with van der Waals surface area (Å²) in [6.07, 6.45) is 1.12. The predicted molar refractivity (Wildman–Crippen MR) is 37.3 cm³/mol. The van der Waals surface area contributed by atoms with Crippen LogP contribution < -0.4 is 5.32 Å². The summed E-state index contributed by atoms with van der Waals surface area (Å²) in [7, 11) is 0. The Morgan fingerprint density at radius 2 is 2.22 bits per heavy atom. The van der Waals surface area contributed by atoms with Gasteiger partial charge in [-0.15, -0.1) is 0 Å². The molecule has 1 heterocycles. The van der Waals surface area contributed by atoms with E-state index in [0.29, 0.717) is 12.1 Å². The maximum Gasteiger partial charge on any atom is 0.0584 e. The molecule has 2 heteroatoms. The summed E-state index contributed by atoms with van der Waals surface area (Å²) in [5.41, 5.74) is 0. The Bertz CT molecular complexity index is 84.9. The third-order valence-corrected chi connectivity index (χ3v) is 2.23. The lowest BCUT2D eigenvalue weighted by Gasteiger charge is -2.07. The number of hydrogen-bond donors (Lipinski definition) is 2. The first-order chi connectivity index (χ1) is 4.24. The van der Waals surface area contributed by atoms with Gasteiger partial charge in [0.15, 0.2) is 0 Å². The van der Waals surface area contributed by atoms with Crippen molar-refractivity contribution < 1.29 is 5.11 Å². The SMILES string of the molecule is CC1C[C@@H](CO)NC1C. The largest absolute Gasteiger partial charge is 0.395 e. The molecule has 1 aliphatic heterocycles. The molecule has 0 aromatic rings. The third kappa shape index (κ3) is 1.43. The van der Waals surface area contributed by atoms with Gasteiger partial charge in [0.2, 0.25) is 0 Å². The van der Waals surface area contributed by atoms with E-state index in [1.165, 1.54) is 0 Å². The highest BCUT2D eigenvalue weighted by molar-refractivity contribution is 4.84.